The molecule has 3 rings (SSSR count). The Balaban J connectivity index is 1.80. The van der Waals surface area contributed by atoms with E-state index in [1.165, 1.54) is 6.08 Å². The molecular formula is C21H17Cl2NO6S. The fourth-order valence-corrected chi connectivity index (χ4v) is 4.02. The number of hydrogen-bond acceptors (Lipinski definition) is 6. The number of aliphatic carboxylic acids is 1. The van der Waals surface area contributed by atoms with Crippen molar-refractivity contribution in [1.29, 1.82) is 0 Å². The SMILES string of the molecule is CCOc1cc(/C=C2/SC(=O)N(CC(=O)O)C2=O)ccc1OCc1ccc(Cl)cc1Cl. The lowest BCUT2D eigenvalue weighted by molar-refractivity contribution is -0.140. The average molecular weight is 482 g/mol. The summed E-state index contributed by atoms with van der Waals surface area (Å²) in [6.07, 6.45) is 1.51. The predicted molar refractivity (Wildman–Crippen MR) is 119 cm³/mol. The number of amides is 2. The zero-order chi connectivity index (χ0) is 22.5. The van der Waals surface area contributed by atoms with Gasteiger partial charge in [0.2, 0.25) is 0 Å². The lowest BCUT2D eigenvalue weighted by Crippen LogP contribution is -2.33. The van der Waals surface area contributed by atoms with E-state index in [0.29, 0.717) is 50.4 Å². The first-order valence-corrected chi connectivity index (χ1v) is 10.7. The largest absolute Gasteiger partial charge is 0.490 e. The number of hydrogen-bond donors (Lipinski definition) is 1. The van der Waals surface area contributed by atoms with Gasteiger partial charge in [-0.25, -0.2) is 0 Å². The molecule has 2 aromatic rings. The number of nitrogens with zero attached hydrogens (tertiary/aromatic N) is 1. The number of rotatable bonds is 8. The number of carbonyl (C=O) groups is 3. The summed E-state index contributed by atoms with van der Waals surface area (Å²) in [5, 5.41) is 9.25. The van der Waals surface area contributed by atoms with Crippen molar-refractivity contribution in [3.63, 3.8) is 0 Å². The summed E-state index contributed by atoms with van der Waals surface area (Å²) in [5.74, 6) is -0.979. The summed E-state index contributed by atoms with van der Waals surface area (Å²) in [5.41, 5.74) is 1.35. The van der Waals surface area contributed by atoms with Crippen LogP contribution < -0.4 is 9.47 Å². The molecule has 0 saturated carbocycles. The molecule has 1 heterocycles. The molecule has 2 amide bonds. The van der Waals surface area contributed by atoms with Crippen LogP contribution in [0.15, 0.2) is 41.3 Å². The first-order valence-electron chi connectivity index (χ1n) is 9.09. The molecule has 0 atom stereocenters. The lowest BCUT2D eigenvalue weighted by atomic mass is 10.1. The molecule has 0 aromatic heterocycles. The zero-order valence-electron chi connectivity index (χ0n) is 16.3. The number of carboxylic acid groups (broad SMARTS) is 1. The minimum absolute atomic E-state index is 0.135. The van der Waals surface area contributed by atoms with Crippen molar-refractivity contribution in [3.8, 4) is 11.5 Å². The molecule has 162 valence electrons. The van der Waals surface area contributed by atoms with Crippen molar-refractivity contribution in [2.45, 2.75) is 13.5 Å². The maximum atomic E-state index is 12.3. The fourth-order valence-electron chi connectivity index (χ4n) is 2.72. The predicted octanol–water partition coefficient (Wildman–Crippen LogP) is 5.09. The van der Waals surface area contributed by atoms with E-state index in [1.807, 2.05) is 6.92 Å². The van der Waals surface area contributed by atoms with Gasteiger partial charge in [0.1, 0.15) is 13.2 Å². The standard InChI is InChI=1S/C21H17Cl2NO6S/c1-2-29-17-7-12(8-18-20(27)24(10-19(25)26)21(28)31-18)3-6-16(17)30-11-13-4-5-14(22)9-15(13)23/h3-9H,2,10-11H2,1H3,(H,25,26)/b18-8+. The number of halogens is 2. The smallest absolute Gasteiger partial charge is 0.323 e. The van der Waals surface area contributed by atoms with Crippen LogP contribution in [0.5, 0.6) is 11.5 Å². The van der Waals surface area contributed by atoms with Gasteiger partial charge in [-0.1, -0.05) is 35.3 Å². The van der Waals surface area contributed by atoms with Crippen molar-refractivity contribution >= 4 is 58.2 Å². The molecule has 0 unspecified atom stereocenters. The summed E-state index contributed by atoms with van der Waals surface area (Å²) in [6, 6.07) is 10.2. The Hall–Kier alpha value is -2.68. The molecule has 1 N–H and O–H groups in total. The number of carboxylic acids is 1. The highest BCUT2D eigenvalue weighted by molar-refractivity contribution is 8.18. The van der Waals surface area contributed by atoms with E-state index >= 15 is 0 Å². The highest BCUT2D eigenvalue weighted by atomic mass is 35.5. The van der Waals surface area contributed by atoms with Crippen molar-refractivity contribution in [2.75, 3.05) is 13.2 Å². The van der Waals surface area contributed by atoms with Crippen LogP contribution in [-0.4, -0.2) is 40.3 Å². The second-order valence-electron chi connectivity index (χ2n) is 6.33. The Bertz CT molecular complexity index is 1070. The highest BCUT2D eigenvalue weighted by Crippen LogP contribution is 2.35. The Kier molecular flexibility index (Phi) is 7.48. The number of carbonyl (C=O) groups excluding carboxylic acids is 2. The van der Waals surface area contributed by atoms with Crippen LogP contribution in [0.1, 0.15) is 18.1 Å². The fraction of sp³-hybridized carbons (Fsp3) is 0.190. The summed E-state index contributed by atoms with van der Waals surface area (Å²) in [7, 11) is 0. The van der Waals surface area contributed by atoms with Crippen LogP contribution in [0.3, 0.4) is 0 Å². The Morgan fingerprint density at radius 3 is 2.58 bits per heavy atom. The second-order valence-corrected chi connectivity index (χ2v) is 8.16. The number of thioether (sulfide) groups is 1. The molecule has 1 saturated heterocycles. The first kappa shape index (κ1) is 23.0. The summed E-state index contributed by atoms with van der Waals surface area (Å²) in [4.78, 5) is 35.9. The van der Waals surface area contributed by atoms with Crippen LogP contribution in [-0.2, 0) is 16.2 Å². The maximum absolute atomic E-state index is 12.3. The maximum Gasteiger partial charge on any atom is 0.323 e. The van der Waals surface area contributed by atoms with E-state index in [2.05, 4.69) is 0 Å². The van der Waals surface area contributed by atoms with Crippen molar-refractivity contribution in [2.24, 2.45) is 0 Å². The minimum Gasteiger partial charge on any atom is -0.490 e. The third-order valence-corrected chi connectivity index (χ3v) is 5.62. The van der Waals surface area contributed by atoms with Crippen LogP contribution >= 0.6 is 35.0 Å². The lowest BCUT2D eigenvalue weighted by Gasteiger charge is -2.13. The normalized spacial score (nSPS) is 14.9. The monoisotopic (exact) mass is 481 g/mol. The van der Waals surface area contributed by atoms with Crippen LogP contribution in [0, 0.1) is 0 Å². The molecule has 1 fully saturated rings. The van der Waals surface area contributed by atoms with Gasteiger partial charge in [-0.05, 0) is 54.6 Å². The van der Waals surface area contributed by atoms with Crippen molar-refractivity contribution in [3.05, 3.63) is 62.5 Å². The van der Waals surface area contributed by atoms with Crippen LogP contribution in [0.2, 0.25) is 10.0 Å². The molecule has 7 nitrogen and oxygen atoms in total. The van der Waals surface area contributed by atoms with Gasteiger partial charge in [0.25, 0.3) is 11.1 Å². The minimum atomic E-state index is -1.26. The molecule has 1 aliphatic rings. The second kappa shape index (κ2) is 10.1. The summed E-state index contributed by atoms with van der Waals surface area (Å²) >= 11 is 12.8. The van der Waals surface area contributed by atoms with E-state index in [9.17, 15) is 14.4 Å². The van der Waals surface area contributed by atoms with Gasteiger partial charge < -0.3 is 14.6 Å². The van der Waals surface area contributed by atoms with Crippen molar-refractivity contribution in [1.82, 2.24) is 4.90 Å². The van der Waals surface area contributed by atoms with Gasteiger partial charge in [-0.15, -0.1) is 0 Å². The number of imide groups is 1. The van der Waals surface area contributed by atoms with E-state index < -0.39 is 23.7 Å². The van der Waals surface area contributed by atoms with Gasteiger partial charge in [0.05, 0.1) is 11.5 Å². The summed E-state index contributed by atoms with van der Waals surface area (Å²) < 4.78 is 11.5. The Labute approximate surface area is 192 Å². The molecule has 0 bridgehead atoms. The molecule has 0 spiro atoms. The Morgan fingerprint density at radius 2 is 1.90 bits per heavy atom. The number of ether oxygens (including phenoxy) is 2. The molecule has 31 heavy (non-hydrogen) atoms. The molecule has 2 aromatic carbocycles. The van der Waals surface area contributed by atoms with Gasteiger partial charge >= 0.3 is 5.97 Å². The van der Waals surface area contributed by atoms with Gasteiger partial charge in [-0.3, -0.25) is 19.3 Å². The molecule has 10 heteroatoms. The van der Waals surface area contributed by atoms with Crippen LogP contribution in [0.25, 0.3) is 6.08 Å². The Morgan fingerprint density at radius 1 is 1.13 bits per heavy atom. The average Bonchev–Trinajstić information content (AvgIpc) is 2.96. The van der Waals surface area contributed by atoms with E-state index in [1.54, 1.807) is 36.4 Å². The third kappa shape index (κ3) is 5.72. The molecule has 0 aliphatic carbocycles. The highest BCUT2D eigenvalue weighted by Gasteiger charge is 2.36. The van der Waals surface area contributed by atoms with E-state index in [0.717, 1.165) is 5.56 Å². The quantitative estimate of drug-likeness (QED) is 0.524. The number of benzene rings is 2. The third-order valence-electron chi connectivity index (χ3n) is 4.13. The first-order chi connectivity index (χ1) is 14.8. The molecule has 0 radical (unpaired) electrons. The van der Waals surface area contributed by atoms with E-state index in [4.69, 9.17) is 37.8 Å². The van der Waals surface area contributed by atoms with Gasteiger partial charge in [0.15, 0.2) is 11.5 Å². The molecule has 1 aliphatic heterocycles. The van der Waals surface area contributed by atoms with Gasteiger partial charge in [-0.2, -0.15) is 0 Å². The van der Waals surface area contributed by atoms with Crippen LogP contribution in [0.4, 0.5) is 4.79 Å². The topological polar surface area (TPSA) is 93.1 Å². The van der Waals surface area contributed by atoms with E-state index in [-0.39, 0.29) is 11.5 Å². The zero-order valence-corrected chi connectivity index (χ0v) is 18.6. The van der Waals surface area contributed by atoms with Gasteiger partial charge in [0, 0.05) is 15.6 Å². The summed E-state index contributed by atoms with van der Waals surface area (Å²) in [6.45, 7) is 1.73. The van der Waals surface area contributed by atoms with Crippen molar-refractivity contribution < 1.29 is 29.0 Å². The molecular weight excluding hydrogens is 465 g/mol.